The fourth-order valence-corrected chi connectivity index (χ4v) is 2.74. The van der Waals surface area contributed by atoms with Crippen LogP contribution in [0, 0.1) is 5.92 Å². The first-order valence-electron chi connectivity index (χ1n) is 6.52. The lowest BCUT2D eigenvalue weighted by Gasteiger charge is -2.31. The Bertz CT molecular complexity index is 334. The topological polar surface area (TPSA) is 89.9 Å². The van der Waals surface area contributed by atoms with Gasteiger partial charge in [-0.25, -0.2) is 4.79 Å². The number of carbonyl (C=O) groups is 2. The van der Waals surface area contributed by atoms with Crippen LogP contribution in [0.4, 0.5) is 4.79 Å². The summed E-state index contributed by atoms with van der Waals surface area (Å²) in [6.45, 7) is 1.04. The molecule has 6 nitrogen and oxygen atoms in total. The van der Waals surface area contributed by atoms with Crippen molar-refractivity contribution in [3.8, 4) is 0 Å². The van der Waals surface area contributed by atoms with Gasteiger partial charge in [-0.3, -0.25) is 4.79 Å². The Kier molecular flexibility index (Phi) is 4.06. The molecule has 102 valence electrons. The fraction of sp³-hybridized carbons (Fsp3) is 0.833. The molecule has 0 aromatic rings. The van der Waals surface area contributed by atoms with Crippen LogP contribution in [-0.4, -0.2) is 52.3 Å². The Balaban J connectivity index is 1.79. The maximum absolute atomic E-state index is 11.9. The number of nitrogens with zero attached hydrogens (tertiary/aromatic N) is 1. The minimum Gasteiger partial charge on any atom is -0.481 e. The molecule has 2 aliphatic rings. The Morgan fingerprint density at radius 1 is 1.22 bits per heavy atom. The number of hydrogen-bond donors (Lipinski definition) is 3. The van der Waals surface area contributed by atoms with Gasteiger partial charge in [-0.1, -0.05) is 0 Å². The van der Waals surface area contributed by atoms with E-state index < -0.39 is 12.1 Å². The molecule has 1 aliphatic carbocycles. The normalized spacial score (nSPS) is 32.3. The molecule has 6 heteroatoms. The number of aliphatic carboxylic acids is 1. The van der Waals surface area contributed by atoms with Crippen LogP contribution in [0.2, 0.25) is 0 Å². The van der Waals surface area contributed by atoms with E-state index in [1.165, 1.54) is 0 Å². The van der Waals surface area contributed by atoms with Gasteiger partial charge in [-0.2, -0.15) is 0 Å². The number of carboxylic acid groups (broad SMARTS) is 1. The van der Waals surface area contributed by atoms with Crippen molar-refractivity contribution in [2.24, 2.45) is 5.92 Å². The molecule has 0 bridgehead atoms. The number of piperidine rings is 1. The molecule has 0 spiro atoms. The van der Waals surface area contributed by atoms with Gasteiger partial charge in [0.05, 0.1) is 12.0 Å². The lowest BCUT2D eigenvalue weighted by Crippen LogP contribution is -2.49. The summed E-state index contributed by atoms with van der Waals surface area (Å²) in [4.78, 5) is 24.4. The van der Waals surface area contributed by atoms with Gasteiger partial charge in [0, 0.05) is 19.1 Å². The van der Waals surface area contributed by atoms with Crippen LogP contribution >= 0.6 is 0 Å². The van der Waals surface area contributed by atoms with Gasteiger partial charge >= 0.3 is 12.0 Å². The van der Waals surface area contributed by atoms with E-state index in [-0.39, 0.29) is 18.0 Å². The number of nitrogens with one attached hydrogen (secondary N) is 1. The fourth-order valence-electron chi connectivity index (χ4n) is 2.74. The van der Waals surface area contributed by atoms with Gasteiger partial charge in [0.25, 0.3) is 0 Å². The number of amides is 2. The molecule has 2 amide bonds. The zero-order valence-corrected chi connectivity index (χ0v) is 10.3. The van der Waals surface area contributed by atoms with Crippen LogP contribution in [0.3, 0.4) is 0 Å². The average molecular weight is 256 g/mol. The van der Waals surface area contributed by atoms with Crippen molar-refractivity contribution in [3.05, 3.63) is 0 Å². The number of likely N-dealkylation sites (tertiary alicyclic amines) is 1. The number of aliphatic hydroxyl groups excluding tert-OH is 1. The summed E-state index contributed by atoms with van der Waals surface area (Å²) < 4.78 is 0. The number of carbonyl (C=O) groups excluding carboxylic acids is 1. The first-order valence-corrected chi connectivity index (χ1v) is 6.52. The Labute approximate surface area is 106 Å². The SMILES string of the molecule is O=C(O)C1CCC(NC(=O)N2CCCC(O)C2)C1. The number of hydrogen-bond acceptors (Lipinski definition) is 3. The summed E-state index contributed by atoms with van der Waals surface area (Å²) in [5, 5.41) is 21.3. The maximum Gasteiger partial charge on any atom is 0.317 e. The van der Waals surface area contributed by atoms with E-state index in [4.69, 9.17) is 5.11 Å². The molecule has 2 rings (SSSR count). The van der Waals surface area contributed by atoms with Crippen molar-refractivity contribution >= 4 is 12.0 Å². The molecule has 1 saturated carbocycles. The predicted molar refractivity (Wildman–Crippen MR) is 64.1 cm³/mol. The van der Waals surface area contributed by atoms with Crippen molar-refractivity contribution in [2.75, 3.05) is 13.1 Å². The van der Waals surface area contributed by atoms with E-state index in [2.05, 4.69) is 5.32 Å². The van der Waals surface area contributed by atoms with Crippen LogP contribution in [-0.2, 0) is 4.79 Å². The van der Waals surface area contributed by atoms with Crippen molar-refractivity contribution < 1.29 is 19.8 Å². The molecule has 1 aliphatic heterocycles. The van der Waals surface area contributed by atoms with E-state index in [1.54, 1.807) is 4.90 Å². The summed E-state index contributed by atoms with van der Waals surface area (Å²) in [7, 11) is 0. The van der Waals surface area contributed by atoms with Gasteiger partial charge in [-0.05, 0) is 32.1 Å². The standard InChI is InChI=1S/C12H20N2O4/c15-10-2-1-5-14(7-10)12(18)13-9-4-3-8(6-9)11(16)17/h8-10,15H,1-7H2,(H,13,18)(H,16,17). The van der Waals surface area contributed by atoms with Crippen molar-refractivity contribution in [1.82, 2.24) is 10.2 Å². The minimum absolute atomic E-state index is 0.0438. The van der Waals surface area contributed by atoms with E-state index in [1.807, 2.05) is 0 Å². The summed E-state index contributed by atoms with van der Waals surface area (Å²) >= 11 is 0. The molecule has 1 saturated heterocycles. The third-order valence-corrected chi connectivity index (χ3v) is 3.79. The van der Waals surface area contributed by atoms with E-state index in [0.717, 1.165) is 19.3 Å². The van der Waals surface area contributed by atoms with E-state index >= 15 is 0 Å². The number of β-amino-alcohol motifs (C(OH)–C–C–N with tert-alkyl or cyclic N) is 1. The van der Waals surface area contributed by atoms with Gasteiger partial charge in [0.15, 0.2) is 0 Å². The molecule has 0 aromatic carbocycles. The summed E-state index contributed by atoms with van der Waals surface area (Å²) in [6, 6.07) is -0.220. The largest absolute Gasteiger partial charge is 0.481 e. The first kappa shape index (κ1) is 13.1. The Hall–Kier alpha value is -1.30. The zero-order valence-electron chi connectivity index (χ0n) is 10.3. The van der Waals surface area contributed by atoms with Crippen LogP contribution in [0.25, 0.3) is 0 Å². The monoisotopic (exact) mass is 256 g/mol. The van der Waals surface area contributed by atoms with Crippen LogP contribution < -0.4 is 5.32 Å². The lowest BCUT2D eigenvalue weighted by atomic mass is 10.1. The Morgan fingerprint density at radius 2 is 2.00 bits per heavy atom. The highest BCUT2D eigenvalue weighted by Gasteiger charge is 2.32. The number of rotatable bonds is 2. The number of aliphatic hydroxyl groups is 1. The highest BCUT2D eigenvalue weighted by molar-refractivity contribution is 5.75. The third kappa shape index (κ3) is 3.13. The zero-order chi connectivity index (χ0) is 13.1. The smallest absolute Gasteiger partial charge is 0.317 e. The molecular formula is C12H20N2O4. The van der Waals surface area contributed by atoms with Gasteiger partial charge in [0.1, 0.15) is 0 Å². The lowest BCUT2D eigenvalue weighted by molar-refractivity contribution is -0.141. The maximum atomic E-state index is 11.9. The molecular weight excluding hydrogens is 236 g/mol. The highest BCUT2D eigenvalue weighted by Crippen LogP contribution is 2.25. The second-order valence-corrected chi connectivity index (χ2v) is 5.24. The van der Waals surface area contributed by atoms with Crippen molar-refractivity contribution in [2.45, 2.75) is 44.2 Å². The molecule has 1 heterocycles. The summed E-state index contributed by atoms with van der Waals surface area (Å²) in [5.74, 6) is -1.11. The molecule has 3 N–H and O–H groups in total. The van der Waals surface area contributed by atoms with Gasteiger partial charge < -0.3 is 20.4 Å². The van der Waals surface area contributed by atoms with E-state index in [0.29, 0.717) is 25.9 Å². The molecule has 2 fully saturated rings. The van der Waals surface area contributed by atoms with E-state index in [9.17, 15) is 14.7 Å². The highest BCUT2D eigenvalue weighted by atomic mass is 16.4. The number of urea groups is 1. The third-order valence-electron chi connectivity index (χ3n) is 3.79. The average Bonchev–Trinajstić information content (AvgIpc) is 2.77. The van der Waals surface area contributed by atoms with Gasteiger partial charge in [0.2, 0.25) is 0 Å². The van der Waals surface area contributed by atoms with Crippen molar-refractivity contribution in [1.29, 1.82) is 0 Å². The van der Waals surface area contributed by atoms with Gasteiger partial charge in [-0.15, -0.1) is 0 Å². The first-order chi connectivity index (χ1) is 8.56. The second-order valence-electron chi connectivity index (χ2n) is 5.24. The summed E-state index contributed by atoms with van der Waals surface area (Å²) in [6.07, 6.45) is 2.99. The van der Waals surface area contributed by atoms with Crippen LogP contribution in [0.15, 0.2) is 0 Å². The van der Waals surface area contributed by atoms with Crippen molar-refractivity contribution in [3.63, 3.8) is 0 Å². The minimum atomic E-state index is -0.778. The van der Waals surface area contributed by atoms with Crippen LogP contribution in [0.1, 0.15) is 32.1 Å². The molecule has 3 atom stereocenters. The number of carboxylic acids is 1. The quantitative estimate of drug-likeness (QED) is 0.667. The second kappa shape index (κ2) is 5.56. The Morgan fingerprint density at radius 3 is 2.61 bits per heavy atom. The molecule has 0 radical (unpaired) electrons. The summed E-state index contributed by atoms with van der Waals surface area (Å²) in [5.41, 5.74) is 0. The molecule has 18 heavy (non-hydrogen) atoms. The molecule has 0 aromatic heterocycles. The predicted octanol–water partition coefficient (Wildman–Crippen LogP) is 0.406. The van der Waals surface area contributed by atoms with Crippen LogP contribution in [0.5, 0.6) is 0 Å². The molecule has 3 unspecified atom stereocenters.